The van der Waals surface area contributed by atoms with Crippen LogP contribution >= 0.6 is 27.3 Å². The van der Waals surface area contributed by atoms with Crippen molar-refractivity contribution in [1.29, 1.82) is 0 Å². The lowest BCUT2D eigenvalue weighted by molar-refractivity contribution is 0.682. The van der Waals surface area contributed by atoms with Crippen LogP contribution in [0.1, 0.15) is 4.88 Å². The highest BCUT2D eigenvalue weighted by Crippen LogP contribution is 2.25. The maximum Gasteiger partial charge on any atom is 0.0626 e. The zero-order valence-corrected chi connectivity index (χ0v) is 11.6. The van der Waals surface area contributed by atoms with Crippen molar-refractivity contribution in [2.75, 3.05) is 5.73 Å². The van der Waals surface area contributed by atoms with E-state index in [2.05, 4.69) is 15.9 Å². The van der Waals surface area contributed by atoms with E-state index in [1.54, 1.807) is 23.5 Å². The third-order valence-electron chi connectivity index (χ3n) is 2.05. The summed E-state index contributed by atoms with van der Waals surface area (Å²) < 4.78 is 12.9. The third-order valence-corrected chi connectivity index (χ3v) is 5.45. The number of hydrogen-bond donors (Lipinski definition) is 1. The molecular weight excluding hydrogens is 306 g/mol. The van der Waals surface area contributed by atoms with Crippen LogP contribution in [0.2, 0.25) is 0 Å². The van der Waals surface area contributed by atoms with Gasteiger partial charge in [0.15, 0.2) is 0 Å². The summed E-state index contributed by atoms with van der Waals surface area (Å²) in [6.45, 7) is 0. The van der Waals surface area contributed by atoms with E-state index < -0.39 is 10.8 Å². The van der Waals surface area contributed by atoms with Crippen molar-refractivity contribution < 1.29 is 4.21 Å². The van der Waals surface area contributed by atoms with Gasteiger partial charge in [0, 0.05) is 15.0 Å². The van der Waals surface area contributed by atoms with Crippen molar-refractivity contribution in [2.24, 2.45) is 0 Å². The molecule has 2 N–H and O–H groups in total. The molecule has 0 spiro atoms. The number of thiophene rings is 1. The summed E-state index contributed by atoms with van der Waals surface area (Å²) in [6, 6.07) is 9.32. The molecule has 1 aromatic carbocycles. The van der Waals surface area contributed by atoms with Gasteiger partial charge in [-0.05, 0) is 45.6 Å². The Morgan fingerprint density at radius 1 is 1.38 bits per heavy atom. The zero-order chi connectivity index (χ0) is 11.5. The van der Waals surface area contributed by atoms with Gasteiger partial charge in [-0.2, -0.15) is 0 Å². The van der Waals surface area contributed by atoms with Crippen LogP contribution in [-0.2, 0) is 16.6 Å². The average molecular weight is 316 g/mol. The fourth-order valence-corrected chi connectivity index (χ4v) is 4.33. The summed E-state index contributed by atoms with van der Waals surface area (Å²) >= 11 is 5.00. The third kappa shape index (κ3) is 2.72. The molecule has 0 saturated heterocycles. The molecule has 0 bridgehead atoms. The monoisotopic (exact) mass is 315 g/mol. The molecule has 5 heteroatoms. The van der Waals surface area contributed by atoms with E-state index >= 15 is 0 Å². The number of nitrogens with two attached hydrogens (primary N) is 1. The van der Waals surface area contributed by atoms with Gasteiger partial charge in [0.1, 0.15) is 0 Å². The van der Waals surface area contributed by atoms with Crippen molar-refractivity contribution in [1.82, 2.24) is 0 Å². The van der Waals surface area contributed by atoms with Crippen LogP contribution in [-0.4, -0.2) is 4.21 Å². The maximum atomic E-state index is 12.1. The van der Waals surface area contributed by atoms with Crippen molar-refractivity contribution in [3.05, 3.63) is 45.1 Å². The molecule has 0 aliphatic rings. The molecule has 84 valence electrons. The minimum Gasteiger partial charge on any atom is -0.399 e. The Morgan fingerprint density at radius 2 is 2.19 bits per heavy atom. The van der Waals surface area contributed by atoms with Gasteiger partial charge in [-0.1, -0.05) is 6.07 Å². The number of nitrogen functional groups attached to an aromatic ring is 1. The fourth-order valence-electron chi connectivity index (χ4n) is 1.30. The van der Waals surface area contributed by atoms with Crippen molar-refractivity contribution in [3.63, 3.8) is 0 Å². The van der Waals surface area contributed by atoms with Crippen LogP contribution in [0, 0.1) is 0 Å². The summed E-state index contributed by atoms with van der Waals surface area (Å²) in [7, 11) is -1.02. The molecular formula is C11H10BrNOS2. The van der Waals surface area contributed by atoms with Crippen LogP contribution in [0.4, 0.5) is 5.69 Å². The highest BCUT2D eigenvalue weighted by molar-refractivity contribution is 9.10. The molecule has 1 atom stereocenters. The SMILES string of the molecule is Nc1ccc(S(=O)Cc2cccs2)c(Br)c1. The predicted molar refractivity (Wildman–Crippen MR) is 73.0 cm³/mol. The Bertz CT molecular complexity index is 511. The molecule has 0 aliphatic heterocycles. The van der Waals surface area contributed by atoms with Crippen LogP contribution in [0.5, 0.6) is 0 Å². The Balaban J connectivity index is 2.21. The normalized spacial score (nSPS) is 12.6. The molecule has 1 unspecified atom stereocenters. The first-order valence-electron chi connectivity index (χ1n) is 4.62. The number of halogens is 1. The highest BCUT2D eigenvalue weighted by atomic mass is 79.9. The van der Waals surface area contributed by atoms with E-state index in [0.29, 0.717) is 11.4 Å². The first-order valence-corrected chi connectivity index (χ1v) is 7.62. The molecule has 1 aromatic heterocycles. The van der Waals surface area contributed by atoms with E-state index in [9.17, 15) is 4.21 Å². The molecule has 0 amide bonds. The lowest BCUT2D eigenvalue weighted by atomic mass is 10.3. The first kappa shape index (κ1) is 11.8. The smallest absolute Gasteiger partial charge is 0.0626 e. The van der Waals surface area contributed by atoms with E-state index in [-0.39, 0.29) is 0 Å². The van der Waals surface area contributed by atoms with E-state index in [1.807, 2.05) is 23.6 Å². The highest BCUT2D eigenvalue weighted by Gasteiger charge is 2.09. The van der Waals surface area contributed by atoms with Gasteiger partial charge in [-0.15, -0.1) is 11.3 Å². The molecule has 1 heterocycles. The Labute approximate surface area is 109 Å². The minimum atomic E-state index is -1.02. The van der Waals surface area contributed by atoms with Gasteiger partial charge < -0.3 is 5.73 Å². The quantitative estimate of drug-likeness (QED) is 0.882. The topological polar surface area (TPSA) is 43.1 Å². The molecule has 2 nitrogen and oxygen atoms in total. The van der Waals surface area contributed by atoms with Crippen LogP contribution < -0.4 is 5.73 Å². The zero-order valence-electron chi connectivity index (χ0n) is 8.35. The maximum absolute atomic E-state index is 12.1. The molecule has 0 aliphatic carbocycles. The summed E-state index contributed by atoms with van der Waals surface area (Å²) in [5, 5.41) is 1.99. The van der Waals surface area contributed by atoms with Crippen LogP contribution in [0.25, 0.3) is 0 Å². The number of hydrogen-bond acceptors (Lipinski definition) is 3. The Hall–Kier alpha value is -0.650. The van der Waals surface area contributed by atoms with E-state index in [1.165, 1.54) is 0 Å². The lowest BCUT2D eigenvalue weighted by Crippen LogP contribution is -1.96. The Morgan fingerprint density at radius 3 is 2.81 bits per heavy atom. The summed E-state index contributed by atoms with van der Waals surface area (Å²) in [5.41, 5.74) is 6.31. The number of anilines is 1. The molecule has 2 rings (SSSR count). The van der Waals surface area contributed by atoms with Crippen LogP contribution in [0.3, 0.4) is 0 Å². The predicted octanol–water partition coefficient (Wildman–Crippen LogP) is 3.40. The molecule has 0 saturated carbocycles. The second-order valence-corrected chi connectivity index (χ2v) is 6.57. The van der Waals surface area contributed by atoms with Gasteiger partial charge in [0.05, 0.1) is 21.4 Å². The molecule has 2 aromatic rings. The first-order chi connectivity index (χ1) is 7.66. The van der Waals surface area contributed by atoms with Gasteiger partial charge in [0.2, 0.25) is 0 Å². The van der Waals surface area contributed by atoms with E-state index in [4.69, 9.17) is 5.73 Å². The molecule has 0 radical (unpaired) electrons. The van der Waals surface area contributed by atoms with Gasteiger partial charge in [0.25, 0.3) is 0 Å². The summed E-state index contributed by atoms with van der Waals surface area (Å²) in [5.74, 6) is 0.556. The standard InChI is InChI=1S/C11H10BrNOS2/c12-10-6-8(13)3-4-11(10)16(14)7-9-2-1-5-15-9/h1-6H,7,13H2. The van der Waals surface area contributed by atoms with Crippen molar-refractivity contribution in [3.8, 4) is 0 Å². The van der Waals surface area contributed by atoms with Crippen LogP contribution in [0.15, 0.2) is 45.1 Å². The number of benzene rings is 1. The summed E-state index contributed by atoms with van der Waals surface area (Å²) in [4.78, 5) is 1.92. The lowest BCUT2D eigenvalue weighted by Gasteiger charge is -2.04. The minimum absolute atomic E-state index is 0.556. The van der Waals surface area contributed by atoms with E-state index in [0.717, 1.165) is 14.2 Å². The van der Waals surface area contributed by atoms with Crippen molar-refractivity contribution >= 4 is 43.8 Å². The second-order valence-electron chi connectivity index (χ2n) is 3.26. The van der Waals surface area contributed by atoms with Crippen molar-refractivity contribution in [2.45, 2.75) is 10.6 Å². The fraction of sp³-hybridized carbons (Fsp3) is 0.0909. The second kappa shape index (κ2) is 5.12. The van der Waals surface area contributed by atoms with Gasteiger partial charge in [-0.3, -0.25) is 4.21 Å². The molecule has 16 heavy (non-hydrogen) atoms. The number of rotatable bonds is 3. The van der Waals surface area contributed by atoms with Gasteiger partial charge in [-0.25, -0.2) is 0 Å². The average Bonchev–Trinajstić information content (AvgIpc) is 2.70. The van der Waals surface area contributed by atoms with Gasteiger partial charge >= 0.3 is 0 Å². The summed E-state index contributed by atoms with van der Waals surface area (Å²) in [6.07, 6.45) is 0. The largest absolute Gasteiger partial charge is 0.399 e. The molecule has 0 fully saturated rings. The Kier molecular flexibility index (Phi) is 3.78.